The highest BCUT2D eigenvalue weighted by Gasteiger charge is 2.33. The van der Waals surface area contributed by atoms with Crippen LogP contribution in [-0.4, -0.2) is 44.1 Å². The van der Waals surface area contributed by atoms with Crippen molar-refractivity contribution in [2.24, 2.45) is 0 Å². The van der Waals surface area contributed by atoms with Gasteiger partial charge in [-0.05, 0) is 40.8 Å². The first kappa shape index (κ1) is 20.6. The number of thiocarbonyl (C=S) groups is 1. The van der Waals surface area contributed by atoms with Crippen LogP contribution in [0.4, 0.5) is 8.78 Å². The summed E-state index contributed by atoms with van der Waals surface area (Å²) in [6, 6.07) is 5.33. The normalized spacial score (nSPS) is 16.8. The molecular weight excluding hydrogens is 430 g/mol. The molecule has 1 aliphatic rings. The van der Waals surface area contributed by atoms with E-state index >= 15 is 0 Å². The second-order valence-electron chi connectivity index (χ2n) is 5.60. The molecule has 2 heterocycles. The molecule has 1 aliphatic heterocycles. The van der Waals surface area contributed by atoms with E-state index in [0.29, 0.717) is 20.9 Å². The van der Waals surface area contributed by atoms with Gasteiger partial charge in [0.25, 0.3) is 5.91 Å². The number of aliphatic hydroxyl groups excluding tert-OH is 1. The Kier molecular flexibility index (Phi) is 6.20. The van der Waals surface area contributed by atoms with E-state index in [1.54, 1.807) is 17.5 Å². The minimum absolute atomic E-state index is 0.172. The fraction of sp³-hybridized carbons (Fsp3) is 0.118. The molecule has 146 valence electrons. The molecule has 1 saturated heterocycles. The van der Waals surface area contributed by atoms with E-state index in [9.17, 15) is 23.5 Å². The monoisotopic (exact) mass is 442 g/mol. The molecule has 2 aromatic rings. The van der Waals surface area contributed by atoms with Gasteiger partial charge in [0.05, 0.1) is 11.4 Å². The zero-order valence-electron chi connectivity index (χ0n) is 13.9. The van der Waals surface area contributed by atoms with Crippen molar-refractivity contribution in [3.8, 4) is 11.1 Å². The lowest BCUT2D eigenvalue weighted by molar-refractivity contribution is -0.147. The van der Waals surface area contributed by atoms with Crippen LogP contribution in [0.5, 0.6) is 0 Å². The fourth-order valence-electron chi connectivity index (χ4n) is 2.25. The van der Waals surface area contributed by atoms with Crippen LogP contribution in [0, 0.1) is 11.6 Å². The fourth-order valence-corrected chi connectivity index (χ4v) is 4.38. The van der Waals surface area contributed by atoms with Gasteiger partial charge >= 0.3 is 5.97 Å². The quantitative estimate of drug-likeness (QED) is 0.468. The molecule has 0 bridgehead atoms. The highest BCUT2D eigenvalue weighted by molar-refractivity contribution is 8.26. The van der Waals surface area contributed by atoms with Gasteiger partial charge in [-0.2, -0.15) is 0 Å². The number of amides is 1. The molecule has 1 fully saturated rings. The molecule has 0 spiro atoms. The lowest BCUT2D eigenvalue weighted by Gasteiger charge is -2.16. The smallest absolute Gasteiger partial charge is 0.333 e. The SMILES string of the molecule is O=C(O)C(O)CNN1C(=O)C(=Cc2cc(-c3ccc(F)c(F)c3)cs2)SC1=S. The van der Waals surface area contributed by atoms with Gasteiger partial charge in [0, 0.05) is 4.88 Å². The lowest BCUT2D eigenvalue weighted by Crippen LogP contribution is -2.46. The number of nitrogens with one attached hydrogen (secondary N) is 1. The summed E-state index contributed by atoms with van der Waals surface area (Å²) in [4.78, 5) is 24.1. The van der Waals surface area contributed by atoms with Crippen LogP contribution in [0.3, 0.4) is 0 Å². The molecule has 1 atom stereocenters. The summed E-state index contributed by atoms with van der Waals surface area (Å²) in [5, 5.41) is 20.7. The van der Waals surface area contributed by atoms with E-state index in [1.165, 1.54) is 17.4 Å². The number of hydrazine groups is 1. The van der Waals surface area contributed by atoms with Gasteiger partial charge in [0.2, 0.25) is 0 Å². The van der Waals surface area contributed by atoms with Crippen LogP contribution in [0.1, 0.15) is 4.88 Å². The van der Waals surface area contributed by atoms with Crippen LogP contribution >= 0.6 is 35.3 Å². The van der Waals surface area contributed by atoms with Crippen LogP contribution in [0.2, 0.25) is 0 Å². The molecule has 1 aromatic carbocycles. The summed E-state index contributed by atoms with van der Waals surface area (Å²) in [7, 11) is 0. The van der Waals surface area contributed by atoms with Crippen molar-refractivity contribution in [1.82, 2.24) is 10.4 Å². The number of carboxylic acid groups (broad SMARTS) is 1. The van der Waals surface area contributed by atoms with Gasteiger partial charge in [-0.25, -0.2) is 24.0 Å². The average Bonchev–Trinajstić information content (AvgIpc) is 3.21. The highest BCUT2D eigenvalue weighted by Crippen LogP contribution is 2.34. The molecule has 28 heavy (non-hydrogen) atoms. The van der Waals surface area contributed by atoms with E-state index < -0.39 is 29.6 Å². The minimum atomic E-state index is -1.68. The number of carbonyl (C=O) groups excluding carboxylic acids is 1. The second kappa shape index (κ2) is 8.45. The molecule has 0 radical (unpaired) electrons. The molecule has 1 unspecified atom stereocenters. The Morgan fingerprint density at radius 3 is 2.71 bits per heavy atom. The first-order chi connectivity index (χ1) is 13.3. The van der Waals surface area contributed by atoms with E-state index in [4.69, 9.17) is 17.3 Å². The molecule has 1 amide bonds. The predicted molar refractivity (Wildman–Crippen MR) is 106 cm³/mol. The van der Waals surface area contributed by atoms with Gasteiger partial charge in [0.1, 0.15) is 0 Å². The summed E-state index contributed by atoms with van der Waals surface area (Å²) < 4.78 is 26.6. The molecule has 3 N–H and O–H groups in total. The zero-order chi connectivity index (χ0) is 20.4. The summed E-state index contributed by atoms with van der Waals surface area (Å²) in [5.41, 5.74) is 3.68. The molecule has 0 aliphatic carbocycles. The lowest BCUT2D eigenvalue weighted by atomic mass is 10.1. The summed E-state index contributed by atoms with van der Waals surface area (Å²) >= 11 is 7.43. The first-order valence-electron chi connectivity index (χ1n) is 7.72. The van der Waals surface area contributed by atoms with Crippen molar-refractivity contribution in [3.05, 3.63) is 51.1 Å². The number of thiophene rings is 1. The first-order valence-corrected chi connectivity index (χ1v) is 9.83. The third-order valence-corrected chi connectivity index (χ3v) is 5.85. The van der Waals surface area contributed by atoms with Crippen molar-refractivity contribution < 1.29 is 28.6 Å². The van der Waals surface area contributed by atoms with Gasteiger partial charge < -0.3 is 10.2 Å². The number of aliphatic carboxylic acids is 1. The Labute approximate surface area is 171 Å². The number of rotatable bonds is 6. The van der Waals surface area contributed by atoms with Gasteiger partial charge in [-0.1, -0.05) is 30.0 Å². The predicted octanol–water partition coefficient (Wildman–Crippen LogP) is 2.84. The average molecular weight is 442 g/mol. The van der Waals surface area contributed by atoms with Crippen molar-refractivity contribution in [2.45, 2.75) is 6.10 Å². The Morgan fingerprint density at radius 2 is 2.04 bits per heavy atom. The topological polar surface area (TPSA) is 89.9 Å². The third kappa shape index (κ3) is 4.45. The van der Waals surface area contributed by atoms with Gasteiger partial charge in [-0.3, -0.25) is 4.79 Å². The number of nitrogens with zero attached hydrogens (tertiary/aromatic N) is 1. The molecule has 0 saturated carbocycles. The zero-order valence-corrected chi connectivity index (χ0v) is 16.3. The summed E-state index contributed by atoms with van der Waals surface area (Å²) in [6.07, 6.45) is -0.0765. The van der Waals surface area contributed by atoms with Crippen molar-refractivity contribution in [3.63, 3.8) is 0 Å². The third-order valence-electron chi connectivity index (χ3n) is 3.67. The van der Waals surface area contributed by atoms with Crippen LogP contribution in [0.15, 0.2) is 34.6 Å². The van der Waals surface area contributed by atoms with Crippen LogP contribution in [-0.2, 0) is 9.59 Å². The second-order valence-corrected chi connectivity index (χ2v) is 8.22. The summed E-state index contributed by atoms with van der Waals surface area (Å²) in [5.74, 6) is -3.77. The number of carboxylic acids is 1. The van der Waals surface area contributed by atoms with E-state index in [0.717, 1.165) is 28.9 Å². The number of benzene rings is 1. The number of thioether (sulfide) groups is 1. The Morgan fingerprint density at radius 1 is 1.29 bits per heavy atom. The van der Waals surface area contributed by atoms with Gasteiger partial charge in [0.15, 0.2) is 22.1 Å². The minimum Gasteiger partial charge on any atom is -0.479 e. The van der Waals surface area contributed by atoms with Crippen LogP contribution < -0.4 is 5.43 Å². The highest BCUT2D eigenvalue weighted by atomic mass is 32.2. The number of carbonyl (C=O) groups is 2. The molecule has 3 rings (SSSR count). The molecule has 1 aromatic heterocycles. The maximum atomic E-state index is 13.4. The maximum absolute atomic E-state index is 13.4. The standard InChI is InChI=1S/C17H12F2N2O4S3/c18-11-2-1-8(4-12(11)19)9-3-10(27-7-9)5-14-15(23)21(17(26)28-14)20-6-13(22)16(24)25/h1-5,7,13,20,22H,6H2,(H,24,25). The van der Waals surface area contributed by atoms with Crippen molar-refractivity contribution in [2.75, 3.05) is 6.54 Å². The number of hydrogen-bond donors (Lipinski definition) is 3. The molecule has 6 nitrogen and oxygen atoms in total. The Bertz CT molecular complexity index is 993. The summed E-state index contributed by atoms with van der Waals surface area (Å²) in [6.45, 7) is -0.381. The van der Waals surface area contributed by atoms with Crippen LogP contribution in [0.25, 0.3) is 17.2 Å². The number of halogens is 2. The largest absolute Gasteiger partial charge is 0.479 e. The van der Waals surface area contributed by atoms with Crippen molar-refractivity contribution >= 4 is 57.6 Å². The maximum Gasteiger partial charge on any atom is 0.333 e. The van der Waals surface area contributed by atoms with E-state index in [2.05, 4.69) is 5.43 Å². The van der Waals surface area contributed by atoms with E-state index in [-0.39, 0.29) is 10.9 Å². The molecule has 11 heteroatoms. The molecular formula is C17H12F2N2O4S3. The van der Waals surface area contributed by atoms with Crippen molar-refractivity contribution in [1.29, 1.82) is 0 Å². The Balaban J connectivity index is 1.74. The van der Waals surface area contributed by atoms with Gasteiger partial charge in [-0.15, -0.1) is 11.3 Å². The Hall–Kier alpha value is -2.18. The number of aliphatic hydroxyl groups is 1. The number of hydrogen-bond acceptors (Lipinski definition) is 7. The van der Waals surface area contributed by atoms with E-state index in [1.807, 2.05) is 0 Å².